The second-order valence-electron chi connectivity index (χ2n) is 7.00. The summed E-state index contributed by atoms with van der Waals surface area (Å²) in [6.45, 7) is 6.55. The lowest BCUT2D eigenvalue weighted by Crippen LogP contribution is -2.24. The van der Waals surface area contributed by atoms with Gasteiger partial charge in [0, 0.05) is 5.02 Å². The topological polar surface area (TPSA) is 59.9 Å². The van der Waals surface area contributed by atoms with E-state index < -0.39 is 0 Å². The lowest BCUT2D eigenvalue weighted by Gasteiger charge is -2.12. The summed E-state index contributed by atoms with van der Waals surface area (Å²) in [5, 5.41) is 4.65. The summed E-state index contributed by atoms with van der Waals surface area (Å²) in [5.41, 5.74) is 5.09. The van der Waals surface area contributed by atoms with Gasteiger partial charge in [0.2, 0.25) is 0 Å². The van der Waals surface area contributed by atoms with Crippen LogP contribution in [0.2, 0.25) is 5.02 Å². The standard InChI is InChI=1S/C23H28BrClN2O3/c1-4-5-6-7-12-29-19-10-8-18(9-11-19)14-26-27-21(28)15-30-20-13-16(2)23(25)17(3)22(20)24/h8-11,13-14H,4-7,12,15H2,1-3H3,(H,27,28)/b26-14+. The van der Waals surface area contributed by atoms with Gasteiger partial charge in [-0.1, -0.05) is 37.8 Å². The fourth-order valence-electron chi connectivity index (χ4n) is 2.73. The second-order valence-corrected chi connectivity index (χ2v) is 8.18. The van der Waals surface area contributed by atoms with Crippen molar-refractivity contribution in [1.29, 1.82) is 0 Å². The largest absolute Gasteiger partial charge is 0.494 e. The van der Waals surface area contributed by atoms with Gasteiger partial charge in [-0.15, -0.1) is 0 Å². The quantitative estimate of drug-likeness (QED) is 0.229. The number of hydrogen-bond donors (Lipinski definition) is 1. The predicted octanol–water partition coefficient (Wildman–Crippen LogP) is 6.21. The van der Waals surface area contributed by atoms with Crippen LogP contribution in [0.5, 0.6) is 11.5 Å². The van der Waals surface area contributed by atoms with E-state index in [1.807, 2.05) is 38.1 Å². The van der Waals surface area contributed by atoms with Crippen LogP contribution in [-0.2, 0) is 4.79 Å². The first-order valence-corrected chi connectivity index (χ1v) is 11.2. The molecular formula is C23H28BrClN2O3. The molecule has 0 aliphatic rings. The molecule has 162 valence electrons. The molecule has 1 amide bonds. The van der Waals surface area contributed by atoms with Gasteiger partial charge in [0.1, 0.15) is 11.5 Å². The molecule has 0 unspecified atom stereocenters. The van der Waals surface area contributed by atoms with Crippen molar-refractivity contribution >= 4 is 39.7 Å². The Labute approximate surface area is 191 Å². The van der Waals surface area contributed by atoms with E-state index in [4.69, 9.17) is 21.1 Å². The van der Waals surface area contributed by atoms with Crippen LogP contribution in [0, 0.1) is 13.8 Å². The molecule has 0 radical (unpaired) electrons. The molecule has 30 heavy (non-hydrogen) atoms. The van der Waals surface area contributed by atoms with Gasteiger partial charge in [0.25, 0.3) is 5.91 Å². The minimum atomic E-state index is -0.351. The minimum absolute atomic E-state index is 0.152. The van der Waals surface area contributed by atoms with E-state index in [1.54, 1.807) is 12.3 Å². The molecule has 2 aromatic carbocycles. The van der Waals surface area contributed by atoms with E-state index in [1.165, 1.54) is 19.3 Å². The van der Waals surface area contributed by atoms with Crippen molar-refractivity contribution in [2.45, 2.75) is 46.5 Å². The number of carbonyl (C=O) groups is 1. The van der Waals surface area contributed by atoms with E-state index in [9.17, 15) is 4.79 Å². The van der Waals surface area contributed by atoms with E-state index in [2.05, 4.69) is 33.4 Å². The monoisotopic (exact) mass is 494 g/mol. The van der Waals surface area contributed by atoms with E-state index in [0.717, 1.165) is 39.9 Å². The molecule has 1 N–H and O–H groups in total. The number of benzene rings is 2. The number of carbonyl (C=O) groups excluding carboxylic acids is 1. The number of nitrogens with one attached hydrogen (secondary N) is 1. The highest BCUT2D eigenvalue weighted by atomic mass is 79.9. The summed E-state index contributed by atoms with van der Waals surface area (Å²) in [6.07, 6.45) is 6.30. The first-order valence-electron chi connectivity index (χ1n) is 10.0. The maximum Gasteiger partial charge on any atom is 0.277 e. The molecule has 0 aromatic heterocycles. The van der Waals surface area contributed by atoms with Crippen molar-refractivity contribution < 1.29 is 14.3 Å². The molecule has 7 heteroatoms. The Kier molecular flexibility index (Phi) is 10.2. The van der Waals surface area contributed by atoms with Crippen LogP contribution in [0.15, 0.2) is 39.9 Å². The number of hydrazone groups is 1. The zero-order valence-corrected chi connectivity index (χ0v) is 20.0. The third kappa shape index (κ3) is 7.65. The van der Waals surface area contributed by atoms with Gasteiger partial charge in [-0.2, -0.15) is 5.10 Å². The summed E-state index contributed by atoms with van der Waals surface area (Å²) >= 11 is 9.66. The Hall–Kier alpha value is -2.05. The maximum absolute atomic E-state index is 12.0. The van der Waals surface area contributed by atoms with Gasteiger partial charge < -0.3 is 9.47 Å². The van der Waals surface area contributed by atoms with Crippen LogP contribution in [0.1, 0.15) is 49.3 Å². The number of nitrogens with zero attached hydrogens (tertiary/aromatic N) is 1. The number of amides is 1. The van der Waals surface area contributed by atoms with Crippen LogP contribution < -0.4 is 14.9 Å². The Bertz CT molecular complexity index is 870. The molecule has 0 aliphatic heterocycles. The van der Waals surface area contributed by atoms with E-state index in [-0.39, 0.29) is 12.5 Å². The molecule has 0 atom stereocenters. The van der Waals surface area contributed by atoms with Crippen LogP contribution in [-0.4, -0.2) is 25.3 Å². The summed E-state index contributed by atoms with van der Waals surface area (Å²) in [5.74, 6) is 1.05. The zero-order chi connectivity index (χ0) is 21.9. The normalized spacial score (nSPS) is 11.0. The molecule has 0 saturated carbocycles. The third-order valence-corrected chi connectivity index (χ3v) is 6.04. The average Bonchev–Trinajstić information content (AvgIpc) is 2.74. The molecule has 0 fully saturated rings. The first kappa shape index (κ1) is 24.2. The van der Waals surface area contributed by atoms with Crippen molar-refractivity contribution in [2.24, 2.45) is 5.10 Å². The lowest BCUT2D eigenvalue weighted by molar-refractivity contribution is -0.123. The molecule has 0 spiro atoms. The van der Waals surface area contributed by atoms with Crippen molar-refractivity contribution in [1.82, 2.24) is 5.43 Å². The number of unbranched alkanes of at least 4 members (excludes halogenated alkanes) is 3. The van der Waals surface area contributed by atoms with Gasteiger partial charge in [-0.3, -0.25) is 4.79 Å². The van der Waals surface area contributed by atoms with Crippen LogP contribution in [0.3, 0.4) is 0 Å². The van der Waals surface area contributed by atoms with Crippen molar-refractivity contribution in [3.05, 3.63) is 56.5 Å². The number of rotatable bonds is 11. The maximum atomic E-state index is 12.0. The Morgan fingerprint density at radius 3 is 2.60 bits per heavy atom. The van der Waals surface area contributed by atoms with Crippen LogP contribution in [0.4, 0.5) is 0 Å². The number of halogens is 2. The van der Waals surface area contributed by atoms with Gasteiger partial charge in [-0.25, -0.2) is 5.43 Å². The average molecular weight is 496 g/mol. The molecular weight excluding hydrogens is 468 g/mol. The lowest BCUT2D eigenvalue weighted by atomic mass is 10.1. The van der Waals surface area contributed by atoms with Crippen molar-refractivity contribution in [3.63, 3.8) is 0 Å². The highest BCUT2D eigenvalue weighted by Gasteiger charge is 2.12. The molecule has 0 aliphatic carbocycles. The van der Waals surface area contributed by atoms with Gasteiger partial charge in [-0.05, 0) is 83.2 Å². The highest BCUT2D eigenvalue weighted by molar-refractivity contribution is 9.10. The zero-order valence-electron chi connectivity index (χ0n) is 17.6. The van der Waals surface area contributed by atoms with Crippen LogP contribution in [0.25, 0.3) is 0 Å². The molecule has 0 heterocycles. The summed E-state index contributed by atoms with van der Waals surface area (Å²) in [6, 6.07) is 9.38. The fraction of sp³-hybridized carbons (Fsp3) is 0.391. The van der Waals surface area contributed by atoms with Gasteiger partial charge in [0.15, 0.2) is 6.61 Å². The van der Waals surface area contributed by atoms with Gasteiger partial charge >= 0.3 is 0 Å². The van der Waals surface area contributed by atoms with E-state index >= 15 is 0 Å². The second kappa shape index (κ2) is 12.6. The molecule has 5 nitrogen and oxygen atoms in total. The predicted molar refractivity (Wildman–Crippen MR) is 126 cm³/mol. The number of hydrogen-bond acceptors (Lipinski definition) is 4. The Morgan fingerprint density at radius 2 is 1.90 bits per heavy atom. The van der Waals surface area contributed by atoms with Crippen molar-refractivity contribution in [2.75, 3.05) is 13.2 Å². The fourth-order valence-corrected chi connectivity index (χ4v) is 3.42. The number of aryl methyl sites for hydroxylation is 1. The van der Waals surface area contributed by atoms with Crippen molar-refractivity contribution in [3.8, 4) is 11.5 Å². The summed E-state index contributed by atoms with van der Waals surface area (Å²) in [4.78, 5) is 12.0. The third-order valence-electron chi connectivity index (χ3n) is 4.48. The smallest absolute Gasteiger partial charge is 0.277 e. The van der Waals surface area contributed by atoms with Crippen LogP contribution >= 0.6 is 27.5 Å². The molecule has 0 bridgehead atoms. The molecule has 2 rings (SSSR count). The van der Waals surface area contributed by atoms with Gasteiger partial charge in [0.05, 0.1) is 17.3 Å². The summed E-state index contributed by atoms with van der Waals surface area (Å²) in [7, 11) is 0. The molecule has 2 aromatic rings. The highest BCUT2D eigenvalue weighted by Crippen LogP contribution is 2.35. The first-order chi connectivity index (χ1) is 14.4. The minimum Gasteiger partial charge on any atom is -0.494 e. The SMILES string of the molecule is CCCCCCOc1ccc(/C=N/NC(=O)COc2cc(C)c(Cl)c(C)c2Br)cc1. The Morgan fingerprint density at radius 1 is 1.17 bits per heavy atom. The summed E-state index contributed by atoms with van der Waals surface area (Å²) < 4.78 is 12.0. The molecule has 0 saturated heterocycles. The number of ether oxygens (including phenoxy) is 2. The Balaban J connectivity index is 1.77. The van der Waals surface area contributed by atoms with E-state index in [0.29, 0.717) is 10.8 Å².